The van der Waals surface area contributed by atoms with Crippen molar-refractivity contribution in [1.29, 1.82) is 0 Å². The van der Waals surface area contributed by atoms with Crippen LogP contribution in [0.5, 0.6) is 0 Å². The number of Topliss-reactive ketones (excluding diaryl/α,β-unsaturated/α-hetero) is 2. The van der Waals surface area contributed by atoms with E-state index in [0.29, 0.717) is 30.3 Å². The van der Waals surface area contributed by atoms with Crippen LogP contribution in [-0.4, -0.2) is 11.6 Å². The summed E-state index contributed by atoms with van der Waals surface area (Å²) in [5.41, 5.74) is 0. The topological polar surface area (TPSA) is 34.1 Å². The summed E-state index contributed by atoms with van der Waals surface area (Å²) in [6, 6.07) is 0. The molecule has 0 saturated heterocycles. The summed E-state index contributed by atoms with van der Waals surface area (Å²) < 4.78 is 0. The van der Waals surface area contributed by atoms with Crippen molar-refractivity contribution < 1.29 is 9.59 Å². The lowest BCUT2D eigenvalue weighted by atomic mass is 9.74. The van der Waals surface area contributed by atoms with Crippen molar-refractivity contribution >= 4 is 11.6 Å². The zero-order valence-electron chi connectivity index (χ0n) is 20.3. The van der Waals surface area contributed by atoms with Gasteiger partial charge in [-0.2, -0.15) is 0 Å². The molecule has 0 heterocycles. The second-order valence-corrected chi connectivity index (χ2v) is 10.6. The lowest BCUT2D eigenvalue weighted by Gasteiger charge is -2.31. The molecule has 0 bridgehead atoms. The average molecular weight is 419 g/mol. The Morgan fingerprint density at radius 3 is 1.70 bits per heavy atom. The first-order valence-electron chi connectivity index (χ1n) is 13.7. The molecule has 174 valence electrons. The van der Waals surface area contributed by atoms with Gasteiger partial charge in [-0.15, -0.1) is 0 Å². The van der Waals surface area contributed by atoms with Crippen LogP contribution < -0.4 is 0 Å². The minimum atomic E-state index is 0.440. The van der Waals surface area contributed by atoms with Gasteiger partial charge in [0.2, 0.25) is 0 Å². The van der Waals surface area contributed by atoms with Gasteiger partial charge in [0, 0.05) is 25.7 Å². The lowest BCUT2D eigenvalue weighted by Crippen LogP contribution is -2.22. The molecule has 2 heteroatoms. The maximum atomic E-state index is 12.5. The van der Waals surface area contributed by atoms with Gasteiger partial charge in [0.15, 0.2) is 0 Å². The average Bonchev–Trinajstić information content (AvgIpc) is 2.76. The summed E-state index contributed by atoms with van der Waals surface area (Å²) in [5, 5.41) is 0. The molecule has 4 atom stereocenters. The molecule has 0 spiro atoms. The molecular formula is C28H50O2. The maximum absolute atomic E-state index is 12.5. The van der Waals surface area contributed by atoms with Gasteiger partial charge in [0.05, 0.1) is 0 Å². The van der Waals surface area contributed by atoms with Crippen molar-refractivity contribution in [2.75, 3.05) is 0 Å². The monoisotopic (exact) mass is 418 g/mol. The zero-order chi connectivity index (χ0) is 21.6. The number of ketones is 2. The van der Waals surface area contributed by atoms with Crippen LogP contribution in [0.1, 0.15) is 142 Å². The second-order valence-electron chi connectivity index (χ2n) is 10.6. The van der Waals surface area contributed by atoms with Gasteiger partial charge in [-0.3, -0.25) is 9.59 Å². The minimum Gasteiger partial charge on any atom is -0.300 e. The third-order valence-electron chi connectivity index (χ3n) is 8.17. The van der Waals surface area contributed by atoms with Crippen LogP contribution in [0.3, 0.4) is 0 Å². The molecule has 2 nitrogen and oxygen atoms in total. The second kappa shape index (κ2) is 15.2. The fourth-order valence-corrected chi connectivity index (χ4v) is 6.33. The van der Waals surface area contributed by atoms with Gasteiger partial charge in [-0.25, -0.2) is 0 Å². The van der Waals surface area contributed by atoms with Crippen molar-refractivity contribution in [2.45, 2.75) is 142 Å². The number of carbonyl (C=O) groups excluding carboxylic acids is 2. The summed E-state index contributed by atoms with van der Waals surface area (Å²) in [7, 11) is 0. The predicted octanol–water partition coefficient (Wildman–Crippen LogP) is 8.46. The maximum Gasteiger partial charge on any atom is 0.133 e. The van der Waals surface area contributed by atoms with E-state index >= 15 is 0 Å². The highest BCUT2D eigenvalue weighted by Crippen LogP contribution is 2.37. The van der Waals surface area contributed by atoms with E-state index in [1.807, 2.05) is 0 Å². The van der Waals surface area contributed by atoms with E-state index in [1.165, 1.54) is 83.5 Å². The summed E-state index contributed by atoms with van der Waals surface area (Å²) in [5.74, 6) is 4.00. The van der Waals surface area contributed by atoms with Gasteiger partial charge in [0.25, 0.3) is 0 Å². The van der Waals surface area contributed by atoms with Crippen LogP contribution in [0.4, 0.5) is 0 Å². The summed E-state index contributed by atoms with van der Waals surface area (Å²) in [4.78, 5) is 24.9. The SMILES string of the molecule is CCCCC1CCCCC1CC(=O)CCCCC(=O)CCC1CCCCC1CCC. The number of hydrogen-bond acceptors (Lipinski definition) is 2. The normalized spacial score (nSPS) is 27.1. The van der Waals surface area contributed by atoms with Crippen LogP contribution in [0.15, 0.2) is 0 Å². The summed E-state index contributed by atoms with van der Waals surface area (Å²) >= 11 is 0. The highest BCUT2D eigenvalue weighted by atomic mass is 16.1. The third kappa shape index (κ3) is 9.65. The van der Waals surface area contributed by atoms with E-state index in [2.05, 4.69) is 13.8 Å². The van der Waals surface area contributed by atoms with Gasteiger partial charge in [-0.1, -0.05) is 90.9 Å². The molecule has 2 saturated carbocycles. The van der Waals surface area contributed by atoms with Crippen LogP contribution in [0.2, 0.25) is 0 Å². The number of unbranched alkanes of at least 4 members (excludes halogenated alkanes) is 2. The number of carbonyl (C=O) groups is 2. The Labute approximate surface area is 187 Å². The molecule has 0 aromatic heterocycles. The van der Waals surface area contributed by atoms with Crippen molar-refractivity contribution in [3.05, 3.63) is 0 Å². The molecule has 2 aliphatic rings. The molecule has 0 aliphatic heterocycles. The van der Waals surface area contributed by atoms with Crippen molar-refractivity contribution in [1.82, 2.24) is 0 Å². The van der Waals surface area contributed by atoms with Crippen molar-refractivity contribution in [3.8, 4) is 0 Å². The highest BCUT2D eigenvalue weighted by molar-refractivity contribution is 5.79. The van der Waals surface area contributed by atoms with Crippen LogP contribution >= 0.6 is 0 Å². The van der Waals surface area contributed by atoms with E-state index in [4.69, 9.17) is 0 Å². The lowest BCUT2D eigenvalue weighted by molar-refractivity contribution is -0.122. The fourth-order valence-electron chi connectivity index (χ4n) is 6.33. The molecular weight excluding hydrogens is 368 g/mol. The first-order valence-corrected chi connectivity index (χ1v) is 13.7. The summed E-state index contributed by atoms with van der Waals surface area (Å²) in [6.45, 7) is 4.56. The molecule has 0 amide bonds. The van der Waals surface area contributed by atoms with E-state index in [9.17, 15) is 9.59 Å². The Balaban J connectivity index is 1.57. The van der Waals surface area contributed by atoms with E-state index in [1.54, 1.807) is 0 Å². The molecule has 0 N–H and O–H groups in total. The Hall–Kier alpha value is -0.660. The molecule has 0 radical (unpaired) electrons. The van der Waals surface area contributed by atoms with Crippen LogP contribution in [0.25, 0.3) is 0 Å². The van der Waals surface area contributed by atoms with Crippen LogP contribution in [-0.2, 0) is 9.59 Å². The fraction of sp³-hybridized carbons (Fsp3) is 0.929. The summed E-state index contributed by atoms with van der Waals surface area (Å²) in [6.07, 6.45) is 23.2. The highest BCUT2D eigenvalue weighted by Gasteiger charge is 2.27. The molecule has 0 aromatic rings. The first kappa shape index (κ1) is 25.6. The van der Waals surface area contributed by atoms with Crippen molar-refractivity contribution in [3.63, 3.8) is 0 Å². The quantitative estimate of drug-likeness (QED) is 0.250. The van der Waals surface area contributed by atoms with Gasteiger partial charge in [-0.05, 0) is 49.4 Å². The van der Waals surface area contributed by atoms with E-state index in [-0.39, 0.29) is 0 Å². The third-order valence-corrected chi connectivity index (χ3v) is 8.17. The standard InChI is InChI=1S/C28H50O2/c1-3-5-13-24-15-8-9-17-26(24)22-28(30)19-11-10-18-27(29)21-20-25-16-7-6-14-23(25)12-4-2/h23-26H,3-22H2,1-2H3. The smallest absolute Gasteiger partial charge is 0.133 e. The van der Waals surface area contributed by atoms with Gasteiger partial charge in [0.1, 0.15) is 11.6 Å². The largest absolute Gasteiger partial charge is 0.300 e. The number of rotatable bonds is 15. The first-order chi connectivity index (χ1) is 14.6. The van der Waals surface area contributed by atoms with E-state index in [0.717, 1.165) is 49.9 Å². The molecule has 4 unspecified atom stereocenters. The Kier molecular flexibility index (Phi) is 13.0. The molecule has 0 aromatic carbocycles. The van der Waals surface area contributed by atoms with Gasteiger partial charge < -0.3 is 0 Å². The van der Waals surface area contributed by atoms with Gasteiger partial charge >= 0.3 is 0 Å². The molecule has 2 rings (SSSR count). The van der Waals surface area contributed by atoms with E-state index < -0.39 is 0 Å². The predicted molar refractivity (Wildman–Crippen MR) is 128 cm³/mol. The molecule has 30 heavy (non-hydrogen) atoms. The zero-order valence-corrected chi connectivity index (χ0v) is 20.3. The van der Waals surface area contributed by atoms with Crippen molar-refractivity contribution in [2.24, 2.45) is 23.7 Å². The molecule has 2 aliphatic carbocycles. The molecule has 2 fully saturated rings. The Morgan fingerprint density at radius 1 is 0.567 bits per heavy atom. The Morgan fingerprint density at radius 2 is 1.10 bits per heavy atom. The number of hydrogen-bond donors (Lipinski definition) is 0. The minimum absolute atomic E-state index is 0.440. The van der Waals surface area contributed by atoms with Crippen LogP contribution in [0, 0.1) is 23.7 Å². The Bertz CT molecular complexity index is 481.